The van der Waals surface area contributed by atoms with Crippen molar-refractivity contribution in [3.8, 4) is 0 Å². The van der Waals surface area contributed by atoms with Crippen molar-refractivity contribution in [1.82, 2.24) is 14.8 Å². The Morgan fingerprint density at radius 1 is 1.22 bits per heavy atom. The number of hydrogen-bond acceptors (Lipinski definition) is 3. The van der Waals surface area contributed by atoms with Gasteiger partial charge >= 0.3 is 0 Å². The Bertz CT molecular complexity index is 407. The van der Waals surface area contributed by atoms with Crippen LogP contribution in [0.15, 0.2) is 0 Å². The van der Waals surface area contributed by atoms with Crippen LogP contribution in [0, 0.1) is 5.92 Å². The summed E-state index contributed by atoms with van der Waals surface area (Å²) in [6.45, 7) is 9.56. The molecule has 1 saturated heterocycles. The maximum absolute atomic E-state index is 5.93. The van der Waals surface area contributed by atoms with E-state index in [1.807, 2.05) is 0 Å². The average molecular weight is 272 g/mol. The van der Waals surface area contributed by atoms with E-state index in [1.54, 1.807) is 0 Å². The van der Waals surface area contributed by atoms with Gasteiger partial charge in [-0.3, -0.25) is 0 Å². The monoisotopic (exact) mass is 271 g/mol. The molecule has 1 aliphatic rings. The Morgan fingerprint density at radius 2 is 1.94 bits per heavy atom. The highest BCUT2D eigenvalue weighted by atomic mass is 35.5. The number of rotatable bonds is 4. The molecule has 0 radical (unpaired) electrons. The van der Waals surface area contributed by atoms with Crippen LogP contribution in [0.25, 0.3) is 0 Å². The van der Waals surface area contributed by atoms with Crippen molar-refractivity contribution in [3.05, 3.63) is 11.6 Å². The highest BCUT2D eigenvalue weighted by Crippen LogP contribution is 2.39. The second kappa shape index (κ2) is 5.57. The molecule has 4 unspecified atom stereocenters. The Balaban J connectivity index is 2.35. The fourth-order valence-electron chi connectivity index (χ4n) is 2.87. The van der Waals surface area contributed by atoms with E-state index in [4.69, 9.17) is 16.3 Å². The van der Waals surface area contributed by atoms with Crippen molar-refractivity contribution in [2.45, 2.75) is 64.7 Å². The van der Waals surface area contributed by atoms with Gasteiger partial charge in [0.25, 0.3) is 0 Å². The minimum absolute atomic E-state index is 0.193. The van der Waals surface area contributed by atoms with Crippen molar-refractivity contribution < 1.29 is 4.74 Å². The first-order chi connectivity index (χ1) is 8.60. The molecule has 0 spiro atoms. The lowest BCUT2D eigenvalue weighted by Crippen LogP contribution is -2.20. The maximum atomic E-state index is 5.93. The molecule has 0 amide bonds. The van der Waals surface area contributed by atoms with Crippen molar-refractivity contribution in [2.75, 3.05) is 0 Å². The number of alkyl halides is 1. The van der Waals surface area contributed by atoms with Crippen molar-refractivity contribution >= 4 is 11.6 Å². The van der Waals surface area contributed by atoms with E-state index in [9.17, 15) is 0 Å². The molecule has 0 aliphatic carbocycles. The first-order valence-corrected chi connectivity index (χ1v) is 7.27. The molecule has 0 saturated carbocycles. The lowest BCUT2D eigenvalue weighted by molar-refractivity contribution is 0.0551. The van der Waals surface area contributed by atoms with Gasteiger partial charge in [0.2, 0.25) is 0 Å². The topological polar surface area (TPSA) is 39.9 Å². The number of nitrogens with zero attached hydrogens (tertiary/aromatic N) is 3. The first kappa shape index (κ1) is 13.8. The number of hydrogen-bond donors (Lipinski definition) is 0. The van der Waals surface area contributed by atoms with Crippen molar-refractivity contribution in [1.29, 1.82) is 0 Å². The van der Waals surface area contributed by atoms with E-state index in [1.165, 1.54) is 0 Å². The minimum atomic E-state index is 0.193. The molecular weight excluding hydrogens is 250 g/mol. The third-order valence-corrected chi connectivity index (χ3v) is 4.20. The summed E-state index contributed by atoms with van der Waals surface area (Å²) in [6.07, 6.45) is 1.52. The van der Waals surface area contributed by atoms with Crippen LogP contribution in [-0.4, -0.2) is 27.0 Å². The maximum Gasteiger partial charge on any atom is 0.147 e. The zero-order valence-corrected chi connectivity index (χ0v) is 12.3. The van der Waals surface area contributed by atoms with Gasteiger partial charge in [-0.1, -0.05) is 13.8 Å². The summed E-state index contributed by atoms with van der Waals surface area (Å²) in [7, 11) is 0. The van der Waals surface area contributed by atoms with E-state index >= 15 is 0 Å². The highest BCUT2D eigenvalue weighted by molar-refractivity contribution is 6.16. The molecule has 0 aromatic carbocycles. The molecule has 5 heteroatoms. The third-order valence-electron chi connectivity index (χ3n) is 3.96. The quantitative estimate of drug-likeness (QED) is 0.791. The van der Waals surface area contributed by atoms with Gasteiger partial charge < -0.3 is 9.30 Å². The SMILES string of the molecule is CCCn1c(CCl)nnc1C1C(C)OC(C)C1C. The van der Waals surface area contributed by atoms with Crippen LogP contribution in [0.4, 0.5) is 0 Å². The van der Waals surface area contributed by atoms with Gasteiger partial charge in [-0.05, 0) is 26.2 Å². The Morgan fingerprint density at radius 3 is 2.44 bits per heavy atom. The van der Waals surface area contributed by atoms with Crippen LogP contribution in [0.3, 0.4) is 0 Å². The first-order valence-electron chi connectivity index (χ1n) is 6.73. The van der Waals surface area contributed by atoms with Crippen LogP contribution in [0.2, 0.25) is 0 Å². The third kappa shape index (κ3) is 2.28. The molecule has 4 nitrogen and oxygen atoms in total. The summed E-state index contributed by atoms with van der Waals surface area (Å²) in [6, 6.07) is 0. The van der Waals surface area contributed by atoms with Gasteiger partial charge in [0.1, 0.15) is 11.6 Å². The lowest BCUT2D eigenvalue weighted by Gasteiger charge is -2.19. The lowest BCUT2D eigenvalue weighted by atomic mass is 9.89. The van der Waals surface area contributed by atoms with Gasteiger partial charge in [0, 0.05) is 6.54 Å². The molecule has 2 rings (SSSR count). The van der Waals surface area contributed by atoms with Gasteiger partial charge in [-0.25, -0.2) is 0 Å². The standard InChI is InChI=1S/C13H22ClN3O/c1-5-6-17-11(7-14)15-16-13(17)12-8(2)9(3)18-10(12)4/h8-10,12H,5-7H2,1-4H3. The molecule has 2 heterocycles. The van der Waals surface area contributed by atoms with Crippen molar-refractivity contribution in [3.63, 3.8) is 0 Å². The predicted octanol–water partition coefficient (Wildman–Crippen LogP) is 2.95. The Kier molecular flexibility index (Phi) is 4.28. The van der Waals surface area contributed by atoms with Crippen LogP contribution in [-0.2, 0) is 17.2 Å². The Hall–Kier alpha value is -0.610. The molecule has 4 atom stereocenters. The zero-order valence-electron chi connectivity index (χ0n) is 11.6. The molecule has 1 aromatic rings. The molecular formula is C13H22ClN3O. The Labute approximate surface area is 114 Å². The summed E-state index contributed by atoms with van der Waals surface area (Å²) in [5, 5.41) is 8.59. The highest BCUT2D eigenvalue weighted by Gasteiger charge is 2.41. The fourth-order valence-corrected chi connectivity index (χ4v) is 3.07. The molecule has 102 valence electrons. The van der Waals surface area contributed by atoms with Crippen LogP contribution in [0.5, 0.6) is 0 Å². The summed E-state index contributed by atoms with van der Waals surface area (Å²) in [5.74, 6) is 3.10. The minimum Gasteiger partial charge on any atom is -0.374 e. The largest absolute Gasteiger partial charge is 0.374 e. The zero-order chi connectivity index (χ0) is 13.3. The van der Waals surface area contributed by atoms with Gasteiger partial charge in [-0.15, -0.1) is 21.8 Å². The molecule has 0 bridgehead atoms. The van der Waals surface area contributed by atoms with E-state index in [0.29, 0.717) is 17.7 Å². The summed E-state index contributed by atoms with van der Waals surface area (Å²) >= 11 is 5.93. The normalized spacial score (nSPS) is 32.1. The molecule has 1 aromatic heterocycles. The van der Waals surface area contributed by atoms with Crippen molar-refractivity contribution in [2.24, 2.45) is 5.92 Å². The van der Waals surface area contributed by atoms with E-state index in [0.717, 1.165) is 24.6 Å². The van der Waals surface area contributed by atoms with E-state index in [2.05, 4.69) is 42.5 Å². The molecule has 1 fully saturated rings. The van der Waals surface area contributed by atoms with Gasteiger partial charge in [0.15, 0.2) is 0 Å². The van der Waals surface area contributed by atoms with E-state index in [-0.39, 0.29) is 12.2 Å². The summed E-state index contributed by atoms with van der Waals surface area (Å²) in [5.41, 5.74) is 0. The predicted molar refractivity (Wildman–Crippen MR) is 71.8 cm³/mol. The fraction of sp³-hybridized carbons (Fsp3) is 0.846. The number of ether oxygens (including phenoxy) is 1. The number of aromatic nitrogens is 3. The van der Waals surface area contributed by atoms with E-state index < -0.39 is 0 Å². The molecule has 18 heavy (non-hydrogen) atoms. The van der Waals surface area contributed by atoms with Gasteiger partial charge in [-0.2, -0.15) is 0 Å². The second-order valence-corrected chi connectivity index (χ2v) is 5.46. The molecule has 0 N–H and O–H groups in total. The van der Waals surface area contributed by atoms with Crippen LogP contribution >= 0.6 is 11.6 Å². The smallest absolute Gasteiger partial charge is 0.147 e. The van der Waals surface area contributed by atoms with Gasteiger partial charge in [0.05, 0.1) is 24.0 Å². The number of halogens is 1. The summed E-state index contributed by atoms with van der Waals surface area (Å²) in [4.78, 5) is 0. The second-order valence-electron chi connectivity index (χ2n) is 5.19. The molecule has 1 aliphatic heterocycles. The van der Waals surface area contributed by atoms with Crippen LogP contribution < -0.4 is 0 Å². The summed E-state index contributed by atoms with van der Waals surface area (Å²) < 4.78 is 8.08. The average Bonchev–Trinajstić information content (AvgIpc) is 2.83. The van der Waals surface area contributed by atoms with Crippen LogP contribution in [0.1, 0.15) is 51.7 Å².